The Morgan fingerprint density at radius 2 is 0.841 bits per heavy atom. The first kappa shape index (κ1) is 36.3. The van der Waals surface area contributed by atoms with Crippen molar-refractivity contribution in [3.8, 4) is 0 Å². The van der Waals surface area contributed by atoms with Crippen LogP contribution in [0.1, 0.15) is 48.5 Å². The van der Waals surface area contributed by atoms with Gasteiger partial charge in [0.05, 0.1) is 0 Å². The van der Waals surface area contributed by atoms with E-state index in [1.54, 1.807) is 0 Å². The van der Waals surface area contributed by atoms with E-state index in [1.165, 1.54) is 0 Å². The molecule has 0 radical (unpaired) electrons. The maximum Gasteiger partial charge on any atom is 0.303 e. The third-order valence-electron chi connectivity index (χ3n) is 5.90. The van der Waals surface area contributed by atoms with Gasteiger partial charge in [-0.15, -0.1) is 0 Å². The van der Waals surface area contributed by atoms with Gasteiger partial charge >= 0.3 is 41.8 Å². The van der Waals surface area contributed by atoms with Crippen molar-refractivity contribution in [3.63, 3.8) is 0 Å². The molecule has 2 rings (SSSR count). The number of rotatable bonds is 11. The van der Waals surface area contributed by atoms with Crippen molar-refractivity contribution >= 4 is 41.8 Å². The standard InChI is InChI=1S/C26H36O18/c1-10(27)35-8-17-20(21(38-13(4)30)23(25(34)42-17)40-15(6)32)44-26-24(41-16(7)33)22(39-14(5)31)19(37-12(3)29)18(43-26)9-36-11(2)28/h17-26,34H,8-9H2,1-7H3/t17-,18+,19-,20+,21+,22+,23-,24-,25-,26-/m1/s1. The Morgan fingerprint density at radius 3 is 1.27 bits per heavy atom. The van der Waals surface area contributed by atoms with Gasteiger partial charge in [-0.2, -0.15) is 0 Å². The highest BCUT2D eigenvalue weighted by Crippen LogP contribution is 2.34. The number of carbonyl (C=O) groups excluding carboxylic acids is 7. The van der Waals surface area contributed by atoms with E-state index in [4.69, 9.17) is 47.4 Å². The molecule has 10 atom stereocenters. The monoisotopic (exact) mass is 636 g/mol. The minimum Gasteiger partial charge on any atom is -0.463 e. The molecule has 44 heavy (non-hydrogen) atoms. The van der Waals surface area contributed by atoms with Gasteiger partial charge in [0.2, 0.25) is 0 Å². The molecule has 0 saturated carbocycles. The maximum atomic E-state index is 12.2. The Morgan fingerprint density at radius 1 is 0.477 bits per heavy atom. The second-order valence-electron chi connectivity index (χ2n) is 9.68. The minimum absolute atomic E-state index is 0.572. The van der Waals surface area contributed by atoms with Crippen LogP contribution >= 0.6 is 0 Å². The lowest BCUT2D eigenvalue weighted by atomic mass is 9.96. The molecule has 0 amide bonds. The summed E-state index contributed by atoms with van der Waals surface area (Å²) in [5.41, 5.74) is 0. The molecule has 0 aromatic carbocycles. The molecule has 2 fully saturated rings. The summed E-state index contributed by atoms with van der Waals surface area (Å²) in [7, 11) is 0. The first-order valence-corrected chi connectivity index (χ1v) is 13.3. The van der Waals surface area contributed by atoms with Gasteiger partial charge in [-0.1, -0.05) is 0 Å². The fourth-order valence-corrected chi connectivity index (χ4v) is 4.49. The number of esters is 7. The molecule has 0 aromatic rings. The first-order valence-electron chi connectivity index (χ1n) is 13.3. The highest BCUT2D eigenvalue weighted by molar-refractivity contribution is 5.69. The summed E-state index contributed by atoms with van der Waals surface area (Å²) in [5.74, 6) is -6.03. The molecule has 0 aliphatic carbocycles. The third-order valence-corrected chi connectivity index (χ3v) is 5.90. The van der Waals surface area contributed by atoms with Crippen molar-refractivity contribution in [2.45, 2.75) is 110 Å². The lowest BCUT2D eigenvalue weighted by Gasteiger charge is -2.48. The van der Waals surface area contributed by atoms with E-state index >= 15 is 0 Å². The molecule has 2 saturated heterocycles. The predicted octanol–water partition coefficient (Wildman–Crippen LogP) is -1.40. The van der Waals surface area contributed by atoms with E-state index in [2.05, 4.69) is 0 Å². The van der Waals surface area contributed by atoms with E-state index in [0.29, 0.717) is 0 Å². The van der Waals surface area contributed by atoms with E-state index in [-0.39, 0.29) is 0 Å². The molecule has 1 N–H and O–H groups in total. The van der Waals surface area contributed by atoms with Crippen molar-refractivity contribution in [1.29, 1.82) is 0 Å². The summed E-state index contributed by atoms with van der Waals surface area (Å²) >= 11 is 0. The third kappa shape index (κ3) is 10.7. The van der Waals surface area contributed by atoms with Crippen molar-refractivity contribution in [1.82, 2.24) is 0 Å². The van der Waals surface area contributed by atoms with Gasteiger partial charge in [0.25, 0.3) is 0 Å². The zero-order valence-electron chi connectivity index (χ0n) is 25.1. The average Bonchev–Trinajstić information content (AvgIpc) is 2.87. The first-order chi connectivity index (χ1) is 20.5. The van der Waals surface area contributed by atoms with Crippen LogP contribution in [0.4, 0.5) is 0 Å². The molecule has 18 nitrogen and oxygen atoms in total. The van der Waals surface area contributed by atoms with Gasteiger partial charge in [0.15, 0.2) is 43.1 Å². The van der Waals surface area contributed by atoms with Crippen LogP contribution in [-0.2, 0) is 80.9 Å². The zero-order valence-corrected chi connectivity index (χ0v) is 25.1. The summed E-state index contributed by atoms with van der Waals surface area (Å²) in [6, 6.07) is 0. The molecule has 0 bridgehead atoms. The lowest BCUT2D eigenvalue weighted by molar-refractivity contribution is -0.357. The normalized spacial score (nSPS) is 31.5. The van der Waals surface area contributed by atoms with Crippen LogP contribution in [-0.4, -0.2) is 122 Å². The number of aliphatic hydroxyl groups is 1. The van der Waals surface area contributed by atoms with E-state index in [0.717, 1.165) is 48.5 Å². The Kier molecular flexibility index (Phi) is 13.4. The maximum absolute atomic E-state index is 12.2. The number of aliphatic hydroxyl groups excluding tert-OH is 1. The molecule has 0 spiro atoms. The molecule has 2 aliphatic rings. The average molecular weight is 637 g/mol. The predicted molar refractivity (Wildman–Crippen MR) is 135 cm³/mol. The molecule has 18 heteroatoms. The van der Waals surface area contributed by atoms with Crippen molar-refractivity contribution < 1.29 is 86.0 Å². The molecule has 248 valence electrons. The fourth-order valence-electron chi connectivity index (χ4n) is 4.49. The lowest BCUT2D eigenvalue weighted by Crippen LogP contribution is -2.67. The number of carbonyl (C=O) groups is 7. The molecule has 2 heterocycles. The van der Waals surface area contributed by atoms with Crippen LogP contribution < -0.4 is 0 Å². The summed E-state index contributed by atoms with van der Waals surface area (Å²) in [6.07, 6.45) is -16.3. The Labute approximate surface area is 251 Å². The van der Waals surface area contributed by atoms with Gasteiger partial charge in [-0.05, 0) is 0 Å². The summed E-state index contributed by atoms with van der Waals surface area (Å²) < 4.78 is 54.1. The van der Waals surface area contributed by atoms with E-state index in [9.17, 15) is 38.7 Å². The van der Waals surface area contributed by atoms with Gasteiger partial charge in [-0.3, -0.25) is 33.6 Å². The number of ether oxygens (including phenoxy) is 10. The molecule has 2 aliphatic heterocycles. The molecule has 0 aromatic heterocycles. The number of hydrogen-bond acceptors (Lipinski definition) is 18. The van der Waals surface area contributed by atoms with E-state index < -0.39 is 116 Å². The summed E-state index contributed by atoms with van der Waals surface area (Å²) in [5, 5.41) is 10.6. The highest BCUT2D eigenvalue weighted by atomic mass is 16.8. The quantitative estimate of drug-likeness (QED) is 0.203. The van der Waals surface area contributed by atoms with Crippen LogP contribution in [0, 0.1) is 0 Å². The largest absolute Gasteiger partial charge is 0.463 e. The zero-order chi connectivity index (χ0) is 33.3. The van der Waals surface area contributed by atoms with Crippen LogP contribution in [0.25, 0.3) is 0 Å². The Bertz CT molecular complexity index is 1090. The van der Waals surface area contributed by atoms with Crippen molar-refractivity contribution in [3.05, 3.63) is 0 Å². The molecule has 0 unspecified atom stereocenters. The van der Waals surface area contributed by atoms with Crippen LogP contribution in [0.2, 0.25) is 0 Å². The summed E-state index contributed by atoms with van der Waals surface area (Å²) in [6.45, 7) is 6.11. The van der Waals surface area contributed by atoms with Crippen molar-refractivity contribution in [2.75, 3.05) is 13.2 Å². The Balaban J connectivity index is 2.66. The van der Waals surface area contributed by atoms with Gasteiger partial charge < -0.3 is 52.5 Å². The Hall–Kier alpha value is -3.87. The SMILES string of the molecule is CC(=O)OC[C@@H]1O[C@H](O[C@@H]2[C@H](OC(C)=O)[C@@H](OC(C)=O)[C@H](O)O[C@@H]2COC(C)=O)[C@H](OC(C)=O)[C@@H](OC(C)=O)[C@@H]1OC(C)=O. The second kappa shape index (κ2) is 16.3. The van der Waals surface area contributed by atoms with Crippen LogP contribution in [0.5, 0.6) is 0 Å². The smallest absolute Gasteiger partial charge is 0.303 e. The highest BCUT2D eigenvalue weighted by Gasteiger charge is 2.57. The van der Waals surface area contributed by atoms with Crippen molar-refractivity contribution in [2.24, 2.45) is 0 Å². The van der Waals surface area contributed by atoms with E-state index in [1.807, 2.05) is 0 Å². The van der Waals surface area contributed by atoms with Gasteiger partial charge in [0.1, 0.15) is 31.5 Å². The van der Waals surface area contributed by atoms with Crippen LogP contribution in [0.3, 0.4) is 0 Å². The molecular formula is C26H36O18. The van der Waals surface area contributed by atoms with Gasteiger partial charge in [0, 0.05) is 48.5 Å². The summed E-state index contributed by atoms with van der Waals surface area (Å²) in [4.78, 5) is 83.5. The van der Waals surface area contributed by atoms with Crippen LogP contribution in [0.15, 0.2) is 0 Å². The topological polar surface area (TPSA) is 232 Å². The second-order valence-corrected chi connectivity index (χ2v) is 9.68. The minimum atomic E-state index is -1.90. The fraction of sp³-hybridized carbons (Fsp3) is 0.731. The van der Waals surface area contributed by atoms with Gasteiger partial charge in [-0.25, -0.2) is 0 Å². The molecular weight excluding hydrogens is 600 g/mol. The number of hydrogen-bond donors (Lipinski definition) is 1.